The highest BCUT2D eigenvalue weighted by molar-refractivity contribution is 5.96. The number of aromatic nitrogens is 4. The molecule has 8 heteroatoms. The Labute approximate surface area is 180 Å². The highest BCUT2D eigenvalue weighted by Gasteiger charge is 2.15. The van der Waals surface area contributed by atoms with Crippen molar-refractivity contribution in [3.8, 4) is 17.0 Å². The van der Waals surface area contributed by atoms with Gasteiger partial charge in [0.15, 0.2) is 0 Å². The standard InChI is InChI=1S/C23H24N6O2/c1-13(2)20-21-15(7-9-25-20)16(12-27-21)17-8-10-26-23(28-17)29-18-11-14(22(30)24-3)5-6-19(18)31-4/h5-13,27H,1-4H3,(H,24,30)(H,26,28,29). The van der Waals surface area contributed by atoms with Crippen molar-refractivity contribution in [3.05, 3.63) is 60.2 Å². The average Bonchev–Trinajstić information content (AvgIpc) is 3.23. The second kappa shape index (κ2) is 8.43. The Bertz CT molecular complexity index is 1250. The fourth-order valence-electron chi connectivity index (χ4n) is 3.51. The number of fused-ring (bicyclic) bond motifs is 1. The van der Waals surface area contributed by atoms with E-state index in [1.54, 1.807) is 38.6 Å². The van der Waals surface area contributed by atoms with Gasteiger partial charge >= 0.3 is 0 Å². The van der Waals surface area contributed by atoms with E-state index in [1.807, 2.05) is 24.5 Å². The van der Waals surface area contributed by atoms with Gasteiger partial charge in [0.2, 0.25) is 5.95 Å². The maximum atomic E-state index is 12.0. The number of nitrogens with one attached hydrogen (secondary N) is 3. The second-order valence-corrected chi connectivity index (χ2v) is 7.36. The van der Waals surface area contributed by atoms with Crippen LogP contribution in [-0.4, -0.2) is 40.0 Å². The van der Waals surface area contributed by atoms with Gasteiger partial charge in [0.1, 0.15) is 5.75 Å². The molecule has 158 valence electrons. The van der Waals surface area contributed by atoms with E-state index in [4.69, 9.17) is 4.74 Å². The number of pyridine rings is 1. The van der Waals surface area contributed by atoms with Gasteiger partial charge in [0.05, 0.1) is 29.7 Å². The van der Waals surface area contributed by atoms with Crippen LogP contribution in [0.5, 0.6) is 5.75 Å². The molecule has 4 rings (SSSR count). The van der Waals surface area contributed by atoms with Crippen molar-refractivity contribution in [2.24, 2.45) is 0 Å². The molecule has 0 aliphatic carbocycles. The molecule has 3 heterocycles. The predicted molar refractivity (Wildman–Crippen MR) is 121 cm³/mol. The molecule has 0 aliphatic rings. The molecular formula is C23H24N6O2. The summed E-state index contributed by atoms with van der Waals surface area (Å²) in [4.78, 5) is 28.9. The molecule has 1 amide bonds. The maximum absolute atomic E-state index is 12.0. The van der Waals surface area contributed by atoms with Gasteiger partial charge < -0.3 is 20.4 Å². The Balaban J connectivity index is 1.72. The van der Waals surface area contributed by atoms with Crippen LogP contribution in [0.15, 0.2) is 48.9 Å². The van der Waals surface area contributed by atoms with Crippen molar-refractivity contribution in [2.75, 3.05) is 19.5 Å². The number of nitrogens with zero attached hydrogens (tertiary/aromatic N) is 3. The third kappa shape index (κ3) is 3.92. The number of carbonyl (C=O) groups is 1. The first-order valence-corrected chi connectivity index (χ1v) is 9.98. The van der Waals surface area contributed by atoms with E-state index in [0.717, 1.165) is 27.9 Å². The summed E-state index contributed by atoms with van der Waals surface area (Å²) < 4.78 is 5.42. The van der Waals surface area contributed by atoms with Crippen LogP contribution < -0.4 is 15.4 Å². The van der Waals surface area contributed by atoms with Gasteiger partial charge in [0, 0.05) is 42.2 Å². The van der Waals surface area contributed by atoms with Crippen LogP contribution in [0.25, 0.3) is 22.2 Å². The Morgan fingerprint density at radius 1 is 1.13 bits per heavy atom. The largest absolute Gasteiger partial charge is 0.495 e. The first-order chi connectivity index (χ1) is 15.0. The monoisotopic (exact) mass is 416 g/mol. The van der Waals surface area contributed by atoms with Gasteiger partial charge in [-0.3, -0.25) is 9.78 Å². The van der Waals surface area contributed by atoms with E-state index in [1.165, 1.54) is 0 Å². The lowest BCUT2D eigenvalue weighted by Gasteiger charge is -2.12. The first-order valence-electron chi connectivity index (χ1n) is 9.98. The number of hydrogen-bond donors (Lipinski definition) is 3. The van der Waals surface area contributed by atoms with Crippen LogP contribution in [0.4, 0.5) is 11.6 Å². The fraction of sp³-hybridized carbons (Fsp3) is 0.217. The van der Waals surface area contributed by atoms with Gasteiger partial charge in [-0.15, -0.1) is 0 Å². The molecule has 4 aromatic rings. The smallest absolute Gasteiger partial charge is 0.251 e. The lowest BCUT2D eigenvalue weighted by Crippen LogP contribution is -2.17. The summed E-state index contributed by atoms with van der Waals surface area (Å²) in [6.07, 6.45) is 5.46. The Kier molecular flexibility index (Phi) is 5.53. The number of methoxy groups -OCH3 is 1. The van der Waals surface area contributed by atoms with Crippen molar-refractivity contribution in [1.82, 2.24) is 25.3 Å². The molecule has 31 heavy (non-hydrogen) atoms. The number of anilines is 2. The van der Waals surface area contributed by atoms with Crippen LogP contribution in [0.1, 0.15) is 35.8 Å². The van der Waals surface area contributed by atoms with Gasteiger partial charge in [-0.05, 0) is 36.2 Å². The summed E-state index contributed by atoms with van der Waals surface area (Å²) >= 11 is 0. The number of aromatic amines is 1. The topological polar surface area (TPSA) is 105 Å². The molecule has 0 bridgehead atoms. The highest BCUT2D eigenvalue weighted by atomic mass is 16.5. The molecule has 0 spiro atoms. The predicted octanol–water partition coefficient (Wildman–Crippen LogP) is 4.26. The van der Waals surface area contributed by atoms with Crippen molar-refractivity contribution >= 4 is 28.4 Å². The molecule has 1 aromatic carbocycles. The normalized spacial score (nSPS) is 11.0. The van der Waals surface area contributed by atoms with E-state index in [0.29, 0.717) is 28.9 Å². The lowest BCUT2D eigenvalue weighted by atomic mass is 10.1. The number of benzene rings is 1. The van der Waals surface area contributed by atoms with Crippen LogP contribution in [0.2, 0.25) is 0 Å². The molecule has 0 fully saturated rings. The zero-order valence-corrected chi connectivity index (χ0v) is 17.9. The SMILES string of the molecule is CNC(=O)c1ccc(OC)c(Nc2nccc(-c3c[nH]c4c(C(C)C)nccc34)n2)c1. The zero-order valence-electron chi connectivity index (χ0n) is 17.9. The van der Waals surface area contributed by atoms with Gasteiger partial charge in [-0.25, -0.2) is 9.97 Å². The van der Waals surface area contributed by atoms with Crippen molar-refractivity contribution in [2.45, 2.75) is 19.8 Å². The third-order valence-electron chi connectivity index (χ3n) is 5.04. The van der Waals surface area contributed by atoms with Gasteiger partial charge in [-0.1, -0.05) is 13.8 Å². The third-order valence-corrected chi connectivity index (χ3v) is 5.04. The first kappa shape index (κ1) is 20.3. The molecule has 8 nitrogen and oxygen atoms in total. The van der Waals surface area contributed by atoms with Gasteiger partial charge in [-0.2, -0.15) is 0 Å². The Morgan fingerprint density at radius 2 is 1.94 bits per heavy atom. The number of amides is 1. The molecule has 0 saturated carbocycles. The highest BCUT2D eigenvalue weighted by Crippen LogP contribution is 2.32. The summed E-state index contributed by atoms with van der Waals surface area (Å²) in [6, 6.07) is 8.99. The minimum absolute atomic E-state index is 0.186. The molecule has 3 N–H and O–H groups in total. The summed E-state index contributed by atoms with van der Waals surface area (Å²) in [5.41, 5.74) is 4.88. The van der Waals surface area contributed by atoms with E-state index in [2.05, 4.69) is 44.4 Å². The van der Waals surface area contributed by atoms with Crippen LogP contribution in [0.3, 0.4) is 0 Å². The van der Waals surface area contributed by atoms with Crippen LogP contribution >= 0.6 is 0 Å². The number of H-pyrrole nitrogens is 1. The van der Waals surface area contributed by atoms with Gasteiger partial charge in [0.25, 0.3) is 5.91 Å². The average molecular weight is 416 g/mol. The lowest BCUT2D eigenvalue weighted by molar-refractivity contribution is 0.0963. The molecule has 0 atom stereocenters. The second-order valence-electron chi connectivity index (χ2n) is 7.36. The molecule has 0 radical (unpaired) electrons. The van der Waals surface area contributed by atoms with E-state index >= 15 is 0 Å². The molecule has 0 unspecified atom stereocenters. The zero-order chi connectivity index (χ0) is 22.0. The number of ether oxygens (including phenoxy) is 1. The summed E-state index contributed by atoms with van der Waals surface area (Å²) in [7, 11) is 3.16. The summed E-state index contributed by atoms with van der Waals surface area (Å²) in [5.74, 6) is 1.10. The quantitative estimate of drug-likeness (QED) is 0.434. The van der Waals surface area contributed by atoms with Crippen molar-refractivity contribution in [1.29, 1.82) is 0 Å². The number of carbonyl (C=O) groups excluding carboxylic acids is 1. The summed E-state index contributed by atoms with van der Waals surface area (Å²) in [6.45, 7) is 4.24. The summed E-state index contributed by atoms with van der Waals surface area (Å²) in [5, 5.41) is 6.85. The number of hydrogen-bond acceptors (Lipinski definition) is 6. The molecule has 3 aromatic heterocycles. The van der Waals surface area contributed by atoms with Crippen molar-refractivity contribution < 1.29 is 9.53 Å². The maximum Gasteiger partial charge on any atom is 0.251 e. The van der Waals surface area contributed by atoms with E-state index < -0.39 is 0 Å². The Morgan fingerprint density at radius 3 is 2.68 bits per heavy atom. The van der Waals surface area contributed by atoms with Crippen LogP contribution in [-0.2, 0) is 0 Å². The number of rotatable bonds is 6. The van der Waals surface area contributed by atoms with E-state index in [-0.39, 0.29) is 5.91 Å². The molecule has 0 aliphatic heterocycles. The molecule has 0 saturated heterocycles. The fourth-order valence-corrected chi connectivity index (χ4v) is 3.51. The van der Waals surface area contributed by atoms with E-state index in [9.17, 15) is 4.79 Å². The minimum atomic E-state index is -0.186. The molecular weight excluding hydrogens is 392 g/mol. The minimum Gasteiger partial charge on any atom is -0.495 e. The van der Waals surface area contributed by atoms with Crippen molar-refractivity contribution in [3.63, 3.8) is 0 Å². The van der Waals surface area contributed by atoms with Crippen LogP contribution in [0, 0.1) is 0 Å². The Hall–Kier alpha value is -3.94.